The van der Waals surface area contributed by atoms with Crippen molar-refractivity contribution in [2.45, 2.75) is 26.4 Å². The quantitative estimate of drug-likeness (QED) is 0.557. The van der Waals surface area contributed by atoms with E-state index < -0.39 is 22.1 Å². The molecule has 0 saturated carbocycles. The van der Waals surface area contributed by atoms with Gasteiger partial charge in [-0.3, -0.25) is 14.3 Å². The molecule has 3 rings (SSSR count). The summed E-state index contributed by atoms with van der Waals surface area (Å²) in [5.74, 6) is -1.16. The number of ether oxygens (including phenoxy) is 1. The zero-order valence-corrected chi connectivity index (χ0v) is 17.7. The zero-order chi connectivity index (χ0) is 22.1. The molecule has 2 aromatic carbocycles. The van der Waals surface area contributed by atoms with E-state index in [4.69, 9.17) is 4.74 Å². The van der Waals surface area contributed by atoms with E-state index in [2.05, 4.69) is 4.72 Å². The highest BCUT2D eigenvalue weighted by atomic mass is 32.2. The van der Waals surface area contributed by atoms with Gasteiger partial charge in [-0.1, -0.05) is 6.07 Å². The van der Waals surface area contributed by atoms with Gasteiger partial charge in [0.05, 0.1) is 11.8 Å². The van der Waals surface area contributed by atoms with Crippen molar-refractivity contribution >= 4 is 39.1 Å². The van der Waals surface area contributed by atoms with Gasteiger partial charge in [-0.05, 0) is 55.3 Å². The fourth-order valence-corrected chi connectivity index (χ4v) is 3.88. The molecule has 0 fully saturated rings. The van der Waals surface area contributed by atoms with Gasteiger partial charge in [0.2, 0.25) is 21.7 Å². The molecule has 30 heavy (non-hydrogen) atoms. The van der Waals surface area contributed by atoms with Gasteiger partial charge in [0.25, 0.3) is 0 Å². The number of ketones is 1. The van der Waals surface area contributed by atoms with E-state index in [1.54, 1.807) is 23.1 Å². The number of esters is 1. The molecule has 9 heteroatoms. The van der Waals surface area contributed by atoms with Gasteiger partial charge in [-0.2, -0.15) is 0 Å². The van der Waals surface area contributed by atoms with Crippen LogP contribution in [0.5, 0.6) is 0 Å². The lowest BCUT2D eigenvalue weighted by Gasteiger charge is -2.16. The van der Waals surface area contributed by atoms with Gasteiger partial charge in [-0.15, -0.1) is 0 Å². The van der Waals surface area contributed by atoms with Crippen molar-refractivity contribution in [3.05, 3.63) is 59.2 Å². The summed E-state index contributed by atoms with van der Waals surface area (Å²) in [5.41, 5.74) is 2.42. The average Bonchev–Trinajstić information content (AvgIpc) is 3.09. The second kappa shape index (κ2) is 8.27. The molecule has 0 aromatic heterocycles. The van der Waals surface area contributed by atoms with Gasteiger partial charge < -0.3 is 9.64 Å². The predicted octanol–water partition coefficient (Wildman–Crippen LogP) is 2.40. The van der Waals surface area contributed by atoms with Crippen LogP contribution in [0.1, 0.15) is 40.1 Å². The van der Waals surface area contributed by atoms with E-state index in [9.17, 15) is 22.8 Å². The van der Waals surface area contributed by atoms with E-state index in [-0.39, 0.29) is 22.9 Å². The molecule has 1 aliphatic rings. The van der Waals surface area contributed by atoms with Gasteiger partial charge >= 0.3 is 5.97 Å². The Kier molecular flexibility index (Phi) is 5.93. The molecular formula is C21H22N2O6S. The third-order valence-electron chi connectivity index (χ3n) is 4.69. The minimum Gasteiger partial charge on any atom is -0.451 e. The van der Waals surface area contributed by atoms with E-state index in [0.29, 0.717) is 18.5 Å². The fraction of sp³-hybridized carbons (Fsp3) is 0.286. The lowest BCUT2D eigenvalue weighted by molar-refractivity contribution is -0.116. The highest BCUT2D eigenvalue weighted by Gasteiger charge is 2.26. The minimum atomic E-state index is -3.49. The summed E-state index contributed by atoms with van der Waals surface area (Å²) in [6.45, 7) is 3.55. The van der Waals surface area contributed by atoms with Crippen LogP contribution in [-0.2, 0) is 26.0 Å². The van der Waals surface area contributed by atoms with Crippen LogP contribution in [0.3, 0.4) is 0 Å². The lowest BCUT2D eigenvalue weighted by Crippen LogP contribution is -2.26. The molecule has 1 aliphatic heterocycles. The number of nitrogens with zero attached hydrogens (tertiary/aromatic N) is 1. The predicted molar refractivity (Wildman–Crippen MR) is 112 cm³/mol. The van der Waals surface area contributed by atoms with Gasteiger partial charge in [0.15, 0.2) is 6.10 Å². The first-order valence-corrected chi connectivity index (χ1v) is 11.2. The number of carbonyl (C=O) groups excluding carboxylic acids is 3. The van der Waals surface area contributed by atoms with Gasteiger partial charge in [0, 0.05) is 30.4 Å². The molecule has 0 spiro atoms. The number of nitrogens with one attached hydrogen (secondary N) is 1. The van der Waals surface area contributed by atoms with Crippen LogP contribution in [0.25, 0.3) is 0 Å². The Balaban J connectivity index is 1.71. The normalized spacial score (nSPS) is 14.0. The van der Waals surface area contributed by atoms with Crippen molar-refractivity contribution in [3.63, 3.8) is 0 Å². The second-order valence-corrected chi connectivity index (χ2v) is 8.88. The largest absolute Gasteiger partial charge is 0.451 e. The smallest absolute Gasteiger partial charge is 0.338 e. The number of Topliss-reactive ketones (excluding diaryl/α,β-unsaturated/α-hetero) is 1. The molecule has 0 saturated heterocycles. The monoisotopic (exact) mass is 430 g/mol. The number of anilines is 2. The van der Waals surface area contributed by atoms with Crippen molar-refractivity contribution in [2.75, 3.05) is 22.4 Å². The number of hydrogen-bond donors (Lipinski definition) is 1. The van der Waals surface area contributed by atoms with Crippen molar-refractivity contribution < 1.29 is 27.5 Å². The molecule has 1 amide bonds. The SMILES string of the molecule is CC(=O)N1CCc2cc(C(=O)C(C)OC(=O)c3cccc(NS(C)(=O)=O)c3)ccc21. The van der Waals surface area contributed by atoms with Crippen LogP contribution in [0.15, 0.2) is 42.5 Å². The number of fused-ring (bicyclic) bond motifs is 1. The Morgan fingerprint density at radius 1 is 1.10 bits per heavy atom. The maximum Gasteiger partial charge on any atom is 0.338 e. The standard InChI is InChI=1S/C21H22N2O6S/c1-13(29-21(26)17-5-4-6-18(12-17)22-30(3,27)28)20(25)16-7-8-19-15(11-16)9-10-23(19)14(2)24/h4-8,11-13,22H,9-10H2,1-3H3. The van der Waals surface area contributed by atoms with Gasteiger partial charge in [0.1, 0.15) is 0 Å². The van der Waals surface area contributed by atoms with Crippen LogP contribution in [0.4, 0.5) is 11.4 Å². The first kappa shape index (κ1) is 21.5. The maximum absolute atomic E-state index is 12.7. The molecule has 0 radical (unpaired) electrons. The van der Waals surface area contributed by atoms with E-state index >= 15 is 0 Å². The van der Waals surface area contributed by atoms with E-state index in [1.165, 1.54) is 38.1 Å². The Morgan fingerprint density at radius 3 is 2.50 bits per heavy atom. The van der Waals surface area contributed by atoms with Crippen LogP contribution < -0.4 is 9.62 Å². The van der Waals surface area contributed by atoms with E-state index in [1.807, 2.05) is 0 Å². The number of hydrogen-bond acceptors (Lipinski definition) is 6. The molecule has 1 N–H and O–H groups in total. The third-order valence-corrected chi connectivity index (χ3v) is 5.30. The van der Waals surface area contributed by atoms with Crippen molar-refractivity contribution in [3.8, 4) is 0 Å². The van der Waals surface area contributed by atoms with Crippen LogP contribution in [0.2, 0.25) is 0 Å². The van der Waals surface area contributed by atoms with Crippen molar-refractivity contribution in [1.29, 1.82) is 0 Å². The molecule has 8 nitrogen and oxygen atoms in total. The lowest BCUT2D eigenvalue weighted by atomic mass is 10.0. The van der Waals surface area contributed by atoms with Crippen molar-refractivity contribution in [2.24, 2.45) is 0 Å². The topological polar surface area (TPSA) is 110 Å². The number of rotatable bonds is 6. The third kappa shape index (κ3) is 4.85. The van der Waals surface area contributed by atoms with E-state index in [0.717, 1.165) is 17.5 Å². The Morgan fingerprint density at radius 2 is 1.83 bits per heavy atom. The Bertz CT molecular complexity index is 1130. The molecule has 0 bridgehead atoms. The Labute approximate surface area is 174 Å². The highest BCUT2D eigenvalue weighted by molar-refractivity contribution is 7.92. The average molecular weight is 430 g/mol. The summed E-state index contributed by atoms with van der Waals surface area (Å²) >= 11 is 0. The maximum atomic E-state index is 12.7. The summed E-state index contributed by atoms with van der Waals surface area (Å²) in [5, 5.41) is 0. The zero-order valence-electron chi connectivity index (χ0n) is 16.8. The number of sulfonamides is 1. The fourth-order valence-electron chi connectivity index (χ4n) is 3.32. The highest BCUT2D eigenvalue weighted by Crippen LogP contribution is 2.29. The summed E-state index contributed by atoms with van der Waals surface area (Å²) in [6, 6.07) is 10.9. The van der Waals surface area contributed by atoms with Crippen LogP contribution in [0, 0.1) is 0 Å². The molecule has 2 aromatic rings. The number of amides is 1. The molecule has 1 unspecified atom stereocenters. The summed E-state index contributed by atoms with van der Waals surface area (Å²) < 4.78 is 30.3. The number of carbonyl (C=O) groups is 3. The molecule has 1 atom stereocenters. The first-order valence-electron chi connectivity index (χ1n) is 9.29. The van der Waals surface area contributed by atoms with Crippen molar-refractivity contribution in [1.82, 2.24) is 0 Å². The molecule has 1 heterocycles. The van der Waals surface area contributed by atoms with Gasteiger partial charge in [-0.25, -0.2) is 13.2 Å². The number of benzene rings is 2. The van der Waals surface area contributed by atoms with Crippen LogP contribution >= 0.6 is 0 Å². The molecule has 158 valence electrons. The molecule has 0 aliphatic carbocycles. The summed E-state index contributed by atoms with van der Waals surface area (Å²) in [4.78, 5) is 38.5. The second-order valence-electron chi connectivity index (χ2n) is 7.13. The van der Waals surface area contributed by atoms with Crippen LogP contribution in [-0.4, -0.2) is 45.0 Å². The Hall–Kier alpha value is -3.20. The first-order chi connectivity index (χ1) is 14.0. The molecular weight excluding hydrogens is 408 g/mol. The minimum absolute atomic E-state index is 0.0530. The summed E-state index contributed by atoms with van der Waals surface area (Å²) in [6.07, 6.45) is 0.627. The summed E-state index contributed by atoms with van der Waals surface area (Å²) in [7, 11) is -3.49.